The van der Waals surface area contributed by atoms with Gasteiger partial charge in [0.05, 0.1) is 12.2 Å². The van der Waals surface area contributed by atoms with Crippen LogP contribution in [0.5, 0.6) is 0 Å². The lowest BCUT2D eigenvalue weighted by atomic mass is 10.1. The first-order valence-electron chi connectivity index (χ1n) is 10.0. The summed E-state index contributed by atoms with van der Waals surface area (Å²) < 4.78 is 26.7. The molecule has 0 aromatic heterocycles. The molecule has 2 aromatic rings. The fourth-order valence-corrected chi connectivity index (χ4v) is 4.70. The van der Waals surface area contributed by atoms with E-state index in [2.05, 4.69) is 0 Å². The Morgan fingerprint density at radius 1 is 0.969 bits per heavy atom. The Kier molecular flexibility index (Phi) is 8.91. The van der Waals surface area contributed by atoms with Crippen molar-refractivity contribution in [1.29, 1.82) is 5.41 Å². The maximum Gasteiger partial charge on any atom is 0.300 e. The Labute approximate surface area is 188 Å². The van der Waals surface area contributed by atoms with Gasteiger partial charge < -0.3 is 15.7 Å². The number of nitrogens with zero attached hydrogens (tertiary/aromatic N) is 2. The second-order valence-electron chi connectivity index (χ2n) is 7.33. The molecule has 0 saturated carbocycles. The Hall–Kier alpha value is -3.24. The summed E-state index contributed by atoms with van der Waals surface area (Å²) in [6.07, 6.45) is 0.245. The van der Waals surface area contributed by atoms with Crippen molar-refractivity contribution in [3.05, 3.63) is 71.3 Å². The summed E-state index contributed by atoms with van der Waals surface area (Å²) in [5.74, 6) is -0.897. The van der Waals surface area contributed by atoms with Crippen molar-refractivity contribution in [3.63, 3.8) is 0 Å². The van der Waals surface area contributed by atoms with Crippen molar-refractivity contribution in [2.45, 2.75) is 19.1 Å². The molecular formula is C22H28N4O5S. The van der Waals surface area contributed by atoms with Crippen LogP contribution in [-0.4, -0.2) is 66.6 Å². The third-order valence-electron chi connectivity index (χ3n) is 4.80. The van der Waals surface area contributed by atoms with Crippen molar-refractivity contribution in [2.75, 3.05) is 26.2 Å². The van der Waals surface area contributed by atoms with Crippen LogP contribution in [0.4, 0.5) is 0 Å². The van der Waals surface area contributed by atoms with E-state index in [1.165, 1.54) is 4.31 Å². The van der Waals surface area contributed by atoms with Crippen LogP contribution in [0, 0.1) is 5.41 Å². The van der Waals surface area contributed by atoms with Crippen LogP contribution in [-0.2, 0) is 31.8 Å². The minimum Gasteiger partial charge on any atom is -0.481 e. The van der Waals surface area contributed by atoms with E-state index >= 15 is 0 Å². The SMILES string of the molecule is CC(=O)O.N=C(N)c1ccc(CC(=O)N2CCN(S(=O)(=O)Cc3ccccc3)CC2)cc1. The van der Waals surface area contributed by atoms with Gasteiger partial charge in [-0.25, -0.2) is 8.42 Å². The molecule has 0 spiro atoms. The van der Waals surface area contributed by atoms with Gasteiger partial charge >= 0.3 is 0 Å². The number of sulfonamides is 1. The molecule has 0 radical (unpaired) electrons. The van der Waals surface area contributed by atoms with Gasteiger partial charge in [-0.05, 0) is 11.1 Å². The fraction of sp³-hybridized carbons (Fsp3) is 0.318. The van der Waals surface area contributed by atoms with E-state index in [0.29, 0.717) is 31.7 Å². The maximum atomic E-state index is 12.6. The third-order valence-corrected chi connectivity index (χ3v) is 6.65. The van der Waals surface area contributed by atoms with Gasteiger partial charge in [-0.15, -0.1) is 0 Å². The summed E-state index contributed by atoms with van der Waals surface area (Å²) in [7, 11) is -3.39. The summed E-state index contributed by atoms with van der Waals surface area (Å²) in [5, 5.41) is 14.8. The molecule has 1 fully saturated rings. The van der Waals surface area contributed by atoms with E-state index in [9.17, 15) is 13.2 Å². The number of carbonyl (C=O) groups is 2. The van der Waals surface area contributed by atoms with Crippen LogP contribution in [0.3, 0.4) is 0 Å². The average Bonchev–Trinajstić information content (AvgIpc) is 2.74. The molecular weight excluding hydrogens is 432 g/mol. The van der Waals surface area contributed by atoms with E-state index < -0.39 is 16.0 Å². The van der Waals surface area contributed by atoms with Gasteiger partial charge in [-0.2, -0.15) is 4.31 Å². The summed E-state index contributed by atoms with van der Waals surface area (Å²) >= 11 is 0. The summed E-state index contributed by atoms with van der Waals surface area (Å²) in [5.41, 5.74) is 7.65. The van der Waals surface area contributed by atoms with Gasteiger partial charge in [0, 0.05) is 38.7 Å². The molecule has 4 N–H and O–H groups in total. The number of amidine groups is 1. The molecule has 3 rings (SSSR count). The molecule has 1 saturated heterocycles. The number of rotatable bonds is 6. The van der Waals surface area contributed by atoms with Gasteiger partial charge in [0.1, 0.15) is 5.84 Å². The van der Waals surface area contributed by atoms with Crippen molar-refractivity contribution in [1.82, 2.24) is 9.21 Å². The average molecular weight is 461 g/mol. The van der Waals surface area contributed by atoms with Gasteiger partial charge in [0.2, 0.25) is 15.9 Å². The molecule has 1 amide bonds. The Morgan fingerprint density at radius 2 is 1.50 bits per heavy atom. The molecule has 32 heavy (non-hydrogen) atoms. The second kappa shape index (κ2) is 11.4. The minimum atomic E-state index is -3.39. The number of hydrogen-bond acceptors (Lipinski definition) is 5. The first-order chi connectivity index (χ1) is 15.1. The Balaban J connectivity index is 0.000000837. The largest absolute Gasteiger partial charge is 0.481 e. The fourth-order valence-electron chi connectivity index (χ4n) is 3.18. The summed E-state index contributed by atoms with van der Waals surface area (Å²) in [4.78, 5) is 23.2. The second-order valence-corrected chi connectivity index (χ2v) is 9.30. The number of carbonyl (C=O) groups excluding carboxylic acids is 1. The van der Waals surface area contributed by atoms with Gasteiger partial charge in [-0.1, -0.05) is 54.6 Å². The zero-order chi connectivity index (χ0) is 23.7. The molecule has 0 atom stereocenters. The zero-order valence-electron chi connectivity index (χ0n) is 17.9. The zero-order valence-corrected chi connectivity index (χ0v) is 18.7. The van der Waals surface area contributed by atoms with Crippen LogP contribution >= 0.6 is 0 Å². The highest BCUT2D eigenvalue weighted by Crippen LogP contribution is 2.15. The normalized spacial score (nSPS) is 14.2. The number of benzene rings is 2. The number of hydrogen-bond donors (Lipinski definition) is 3. The van der Waals surface area contributed by atoms with Crippen LogP contribution in [0.2, 0.25) is 0 Å². The quantitative estimate of drug-likeness (QED) is 0.437. The molecule has 9 nitrogen and oxygen atoms in total. The monoisotopic (exact) mass is 460 g/mol. The van der Waals surface area contributed by atoms with Gasteiger partial charge in [0.25, 0.3) is 5.97 Å². The Bertz CT molecular complexity index is 1030. The van der Waals surface area contributed by atoms with Crippen LogP contribution in [0.15, 0.2) is 54.6 Å². The summed E-state index contributed by atoms with van der Waals surface area (Å²) in [6, 6.07) is 16.1. The van der Waals surface area contributed by atoms with E-state index in [1.807, 2.05) is 18.2 Å². The van der Waals surface area contributed by atoms with Crippen molar-refractivity contribution >= 4 is 27.7 Å². The van der Waals surface area contributed by atoms with Crippen molar-refractivity contribution in [3.8, 4) is 0 Å². The number of carboxylic acids is 1. The summed E-state index contributed by atoms with van der Waals surface area (Å²) in [6.45, 7) is 2.48. The van der Waals surface area contributed by atoms with Crippen molar-refractivity contribution < 1.29 is 23.1 Å². The number of amides is 1. The molecule has 0 aliphatic carbocycles. The van der Waals surface area contributed by atoms with Crippen LogP contribution in [0.1, 0.15) is 23.6 Å². The number of aliphatic carboxylic acids is 1. The first-order valence-corrected chi connectivity index (χ1v) is 11.6. The van der Waals surface area contributed by atoms with E-state index in [-0.39, 0.29) is 23.9 Å². The molecule has 1 heterocycles. The molecule has 0 unspecified atom stereocenters. The van der Waals surface area contributed by atoms with E-state index in [1.54, 1.807) is 41.3 Å². The topological polar surface area (TPSA) is 145 Å². The predicted octanol–water partition coefficient (Wildman–Crippen LogP) is 1.28. The van der Waals surface area contributed by atoms with E-state index in [4.69, 9.17) is 21.0 Å². The van der Waals surface area contributed by atoms with Crippen molar-refractivity contribution in [2.24, 2.45) is 5.73 Å². The third kappa shape index (κ3) is 7.78. The number of nitrogens with one attached hydrogen (secondary N) is 1. The lowest BCUT2D eigenvalue weighted by Crippen LogP contribution is -2.51. The van der Waals surface area contributed by atoms with Crippen LogP contribution in [0.25, 0.3) is 0 Å². The highest BCUT2D eigenvalue weighted by Gasteiger charge is 2.28. The molecule has 172 valence electrons. The van der Waals surface area contributed by atoms with E-state index in [0.717, 1.165) is 18.1 Å². The Morgan fingerprint density at radius 3 is 2.00 bits per heavy atom. The van der Waals surface area contributed by atoms with Crippen LogP contribution < -0.4 is 5.73 Å². The van der Waals surface area contributed by atoms with Gasteiger partial charge in [-0.3, -0.25) is 15.0 Å². The number of nitrogens with two attached hydrogens (primary N) is 1. The molecule has 0 bridgehead atoms. The highest BCUT2D eigenvalue weighted by atomic mass is 32.2. The molecule has 10 heteroatoms. The smallest absolute Gasteiger partial charge is 0.300 e. The van der Waals surface area contributed by atoms with Gasteiger partial charge in [0.15, 0.2) is 0 Å². The minimum absolute atomic E-state index is 0.00860. The standard InChI is InChI=1S/C20H24N4O3S.C2H4O2/c21-20(22)18-8-6-16(7-9-18)14-19(25)23-10-12-24(13-11-23)28(26,27)15-17-4-2-1-3-5-17;1-2(3)4/h1-9H,10-15H2,(H3,21,22);1H3,(H,3,4). The lowest BCUT2D eigenvalue weighted by molar-refractivity contribution is -0.134. The number of nitrogen functional groups attached to an aromatic ring is 1. The first kappa shape index (κ1) is 25.0. The molecule has 2 aromatic carbocycles. The number of piperazine rings is 1. The number of carboxylic acid groups (broad SMARTS) is 1. The lowest BCUT2D eigenvalue weighted by Gasteiger charge is -2.34. The predicted molar refractivity (Wildman–Crippen MR) is 122 cm³/mol. The maximum absolute atomic E-state index is 12.6. The highest BCUT2D eigenvalue weighted by molar-refractivity contribution is 7.88. The molecule has 1 aliphatic rings. The molecule has 1 aliphatic heterocycles.